The van der Waals surface area contributed by atoms with Gasteiger partial charge in [-0.05, 0) is 24.1 Å². The van der Waals surface area contributed by atoms with Gasteiger partial charge < -0.3 is 10.1 Å². The molecule has 1 fully saturated rings. The van der Waals surface area contributed by atoms with Crippen LogP contribution in [0.5, 0.6) is 0 Å². The third-order valence-corrected chi connectivity index (χ3v) is 5.23. The molecular formula is C21H18ClN3O2. The molecule has 1 saturated carbocycles. The molecule has 6 heteroatoms. The number of anilines is 1. The van der Waals surface area contributed by atoms with E-state index in [-0.39, 0.29) is 17.7 Å². The SMILES string of the molecule is C=C1NN=C(Cc2ccc(Cl)c(NC(=O)C3CC3C=O)c2)c2ccccc21. The number of hydrazone groups is 1. The number of carbonyl (C=O) groups excluding carboxylic acids is 2. The van der Waals surface area contributed by atoms with Crippen molar-refractivity contribution in [3.05, 3.63) is 70.8 Å². The molecule has 136 valence electrons. The van der Waals surface area contributed by atoms with Crippen molar-refractivity contribution >= 4 is 40.9 Å². The van der Waals surface area contributed by atoms with Gasteiger partial charge in [0.1, 0.15) is 6.29 Å². The second-order valence-corrected chi connectivity index (χ2v) is 7.22. The standard InChI is InChI=1S/C21H18ClN3O2/c1-12-15-4-2-3-5-16(15)19(25-24-12)8-13-6-7-18(22)20(9-13)23-21(27)17-10-14(17)11-26/h2-7,9,11,14,17,24H,1,8,10H2,(H,23,27). The number of aldehydes is 1. The van der Waals surface area contributed by atoms with Gasteiger partial charge in [0.2, 0.25) is 5.91 Å². The normalized spacial score (nSPS) is 20.2. The molecule has 2 aliphatic rings. The van der Waals surface area contributed by atoms with Gasteiger partial charge in [0, 0.05) is 29.4 Å². The molecule has 1 aliphatic carbocycles. The first kappa shape index (κ1) is 17.5. The average molecular weight is 380 g/mol. The summed E-state index contributed by atoms with van der Waals surface area (Å²) in [6.45, 7) is 3.98. The fourth-order valence-corrected chi connectivity index (χ4v) is 3.42. The number of nitrogens with zero attached hydrogens (tertiary/aromatic N) is 1. The highest BCUT2D eigenvalue weighted by Crippen LogP contribution is 2.38. The predicted molar refractivity (Wildman–Crippen MR) is 107 cm³/mol. The molecule has 2 N–H and O–H groups in total. The Morgan fingerprint density at radius 1 is 1.30 bits per heavy atom. The van der Waals surface area contributed by atoms with Crippen LogP contribution in [0.4, 0.5) is 5.69 Å². The third kappa shape index (κ3) is 3.51. The fourth-order valence-electron chi connectivity index (χ4n) is 3.25. The van der Waals surface area contributed by atoms with E-state index in [4.69, 9.17) is 11.6 Å². The average Bonchev–Trinajstić information content (AvgIpc) is 3.47. The minimum atomic E-state index is -0.243. The van der Waals surface area contributed by atoms with Crippen LogP contribution in [0.1, 0.15) is 23.1 Å². The summed E-state index contributed by atoms with van der Waals surface area (Å²) in [5.41, 5.74) is 8.21. The Labute approximate surface area is 162 Å². The first-order chi connectivity index (χ1) is 13.1. The Balaban J connectivity index is 1.54. The molecule has 2 aromatic carbocycles. The van der Waals surface area contributed by atoms with Crippen molar-refractivity contribution < 1.29 is 9.59 Å². The summed E-state index contributed by atoms with van der Waals surface area (Å²) in [5.74, 6) is -0.573. The van der Waals surface area contributed by atoms with Crippen molar-refractivity contribution in [2.45, 2.75) is 12.8 Å². The van der Waals surface area contributed by atoms with Gasteiger partial charge >= 0.3 is 0 Å². The van der Waals surface area contributed by atoms with E-state index in [1.807, 2.05) is 36.4 Å². The lowest BCUT2D eigenvalue weighted by Crippen LogP contribution is -2.20. The number of hydrogen-bond acceptors (Lipinski definition) is 4. The molecule has 2 unspecified atom stereocenters. The molecule has 1 aliphatic heterocycles. The molecule has 1 heterocycles. The Kier molecular flexibility index (Phi) is 4.54. The summed E-state index contributed by atoms with van der Waals surface area (Å²) < 4.78 is 0. The van der Waals surface area contributed by atoms with E-state index in [1.54, 1.807) is 6.07 Å². The maximum absolute atomic E-state index is 12.2. The molecule has 1 amide bonds. The molecule has 5 nitrogen and oxygen atoms in total. The third-order valence-electron chi connectivity index (χ3n) is 4.90. The van der Waals surface area contributed by atoms with Gasteiger partial charge in [-0.2, -0.15) is 5.10 Å². The molecule has 0 radical (unpaired) electrons. The molecule has 27 heavy (non-hydrogen) atoms. The summed E-state index contributed by atoms with van der Waals surface area (Å²) in [4.78, 5) is 23.0. The lowest BCUT2D eigenvalue weighted by molar-refractivity contribution is -0.119. The van der Waals surface area contributed by atoms with Gasteiger partial charge in [-0.15, -0.1) is 0 Å². The number of halogens is 1. The lowest BCUT2D eigenvalue weighted by atomic mass is 9.95. The minimum absolute atomic E-state index is 0.163. The van der Waals surface area contributed by atoms with Crippen molar-refractivity contribution in [1.82, 2.24) is 5.43 Å². The second kappa shape index (κ2) is 7.00. The van der Waals surface area contributed by atoms with E-state index >= 15 is 0 Å². The van der Waals surface area contributed by atoms with Gasteiger partial charge in [-0.1, -0.05) is 48.5 Å². The van der Waals surface area contributed by atoms with Crippen LogP contribution in [0, 0.1) is 11.8 Å². The van der Waals surface area contributed by atoms with E-state index in [0.29, 0.717) is 23.6 Å². The van der Waals surface area contributed by atoms with Crippen LogP contribution in [0.15, 0.2) is 54.1 Å². The van der Waals surface area contributed by atoms with Crippen LogP contribution < -0.4 is 10.7 Å². The summed E-state index contributed by atoms with van der Waals surface area (Å²) in [6, 6.07) is 13.5. The van der Waals surface area contributed by atoms with Gasteiger partial charge in [0.15, 0.2) is 0 Å². The van der Waals surface area contributed by atoms with Crippen LogP contribution in [-0.2, 0) is 16.0 Å². The van der Waals surface area contributed by atoms with Crippen LogP contribution in [-0.4, -0.2) is 17.9 Å². The predicted octanol–water partition coefficient (Wildman–Crippen LogP) is 3.63. The number of nitrogens with one attached hydrogen (secondary N) is 2. The number of rotatable bonds is 5. The zero-order valence-electron chi connectivity index (χ0n) is 14.5. The summed E-state index contributed by atoms with van der Waals surface area (Å²) in [6.07, 6.45) is 2.02. The van der Waals surface area contributed by atoms with Crippen molar-refractivity contribution in [3.8, 4) is 0 Å². The van der Waals surface area contributed by atoms with E-state index in [2.05, 4.69) is 22.4 Å². The highest BCUT2D eigenvalue weighted by molar-refractivity contribution is 6.33. The van der Waals surface area contributed by atoms with Gasteiger partial charge in [0.05, 0.1) is 22.1 Å². The first-order valence-corrected chi connectivity index (χ1v) is 9.10. The van der Waals surface area contributed by atoms with Crippen molar-refractivity contribution in [1.29, 1.82) is 0 Å². The summed E-state index contributed by atoms with van der Waals surface area (Å²) >= 11 is 6.24. The maximum atomic E-state index is 12.2. The largest absolute Gasteiger partial charge is 0.324 e. The smallest absolute Gasteiger partial charge is 0.228 e. The zero-order valence-corrected chi connectivity index (χ0v) is 15.3. The molecule has 0 aromatic heterocycles. The van der Waals surface area contributed by atoms with Crippen LogP contribution in [0.2, 0.25) is 5.02 Å². The summed E-state index contributed by atoms with van der Waals surface area (Å²) in [5, 5.41) is 7.73. The number of amides is 1. The van der Waals surface area contributed by atoms with E-state index in [1.165, 1.54) is 0 Å². The van der Waals surface area contributed by atoms with Crippen molar-refractivity contribution in [3.63, 3.8) is 0 Å². The van der Waals surface area contributed by atoms with Crippen LogP contribution >= 0.6 is 11.6 Å². The molecule has 0 saturated heterocycles. The van der Waals surface area contributed by atoms with Gasteiger partial charge in [0.25, 0.3) is 0 Å². The molecule has 0 spiro atoms. The van der Waals surface area contributed by atoms with Crippen LogP contribution in [0.3, 0.4) is 0 Å². The van der Waals surface area contributed by atoms with Crippen LogP contribution in [0.25, 0.3) is 5.70 Å². The summed E-state index contributed by atoms with van der Waals surface area (Å²) in [7, 11) is 0. The Morgan fingerprint density at radius 3 is 2.81 bits per heavy atom. The second-order valence-electron chi connectivity index (χ2n) is 6.82. The molecular weight excluding hydrogens is 362 g/mol. The zero-order chi connectivity index (χ0) is 19.0. The highest BCUT2D eigenvalue weighted by atomic mass is 35.5. The van der Waals surface area contributed by atoms with E-state index < -0.39 is 0 Å². The highest BCUT2D eigenvalue weighted by Gasteiger charge is 2.42. The number of benzene rings is 2. The fraction of sp³-hybridized carbons (Fsp3) is 0.190. The topological polar surface area (TPSA) is 70.6 Å². The lowest BCUT2D eigenvalue weighted by Gasteiger charge is -2.19. The monoisotopic (exact) mass is 379 g/mol. The van der Waals surface area contributed by atoms with E-state index in [9.17, 15) is 9.59 Å². The van der Waals surface area contributed by atoms with Gasteiger partial charge in [-0.3, -0.25) is 10.2 Å². The molecule has 4 rings (SSSR count). The Hall–Kier alpha value is -2.92. The first-order valence-electron chi connectivity index (χ1n) is 8.72. The molecule has 2 aromatic rings. The number of fused-ring (bicyclic) bond motifs is 1. The Bertz CT molecular complexity index is 983. The van der Waals surface area contributed by atoms with Crippen molar-refractivity contribution in [2.24, 2.45) is 16.9 Å². The molecule has 0 bridgehead atoms. The maximum Gasteiger partial charge on any atom is 0.228 e. The Morgan fingerprint density at radius 2 is 2.07 bits per heavy atom. The number of carbonyl (C=O) groups is 2. The number of hydrogen-bond donors (Lipinski definition) is 2. The van der Waals surface area contributed by atoms with Crippen molar-refractivity contribution in [2.75, 3.05) is 5.32 Å². The quantitative estimate of drug-likeness (QED) is 0.779. The van der Waals surface area contributed by atoms with Gasteiger partial charge in [-0.25, -0.2) is 0 Å². The van der Waals surface area contributed by atoms with E-state index in [0.717, 1.165) is 34.4 Å². The minimum Gasteiger partial charge on any atom is -0.324 e. The molecule has 2 atom stereocenters.